The van der Waals surface area contributed by atoms with E-state index in [9.17, 15) is 24.1 Å². The van der Waals surface area contributed by atoms with E-state index in [1.165, 1.54) is 28.1 Å². The molecule has 0 spiro atoms. The Balaban J connectivity index is 0.00000217. The molecule has 238 valence electrons. The molecule has 4 aromatic rings. The molecule has 10 atom stereocenters. The first-order valence-electron chi connectivity index (χ1n) is 12.8. The summed E-state index contributed by atoms with van der Waals surface area (Å²) >= 11 is 0. The Kier molecular flexibility index (Phi) is 10.9. The van der Waals surface area contributed by atoms with E-state index in [0.717, 1.165) is 0 Å². The summed E-state index contributed by atoms with van der Waals surface area (Å²) in [6, 6.07) is 0. The largest absolute Gasteiger partial charge is 1.00 e. The maximum absolute atomic E-state index is 13.6. The van der Waals surface area contributed by atoms with E-state index in [-0.39, 0.29) is 93.2 Å². The van der Waals surface area contributed by atoms with Crippen LogP contribution >= 0.6 is 14.9 Å². The zero-order chi connectivity index (χ0) is 31.8. The van der Waals surface area contributed by atoms with Gasteiger partial charge in [0.2, 0.25) is 13.5 Å². The number of fused-ring (bicyclic) bond motifs is 5. The molecule has 0 saturated carbocycles. The number of nitrogens with zero attached hydrogens (tertiary/aromatic N) is 7. The molecule has 7 N–H and O–H groups in total. The molecule has 2 radical (unpaired) electrons. The standard InChI is InChI=1S/C20H25B2N10O11P2.2Na/c21-44(36)38-1-6-10(33)13(19(40-6)32-5-28-9-16(32)29-20(24)30-17(9)35)43-45(22,37)39-2-7-12(42-44)11(34)18(41-7)31-4-27-8-14(23)25-3-26-15(8)31;;/h3-7,10-13,18-19,33-34H,1-2H2,21H3,(H2,23,25,26)(H3,24,29,30,35);;/q-1;2*+1/t6?,7-,10+,11+,12+,13+,18?,19-,44+,45+;;/m1../s1. The van der Waals surface area contributed by atoms with E-state index in [1.807, 2.05) is 0 Å². The van der Waals surface area contributed by atoms with E-state index < -0.39 is 90.4 Å². The number of aliphatic hydroxyl groups excluding tert-OH is 2. The van der Waals surface area contributed by atoms with Gasteiger partial charge in [-0.15, -0.1) is 0 Å². The van der Waals surface area contributed by atoms with Gasteiger partial charge in [0, 0.05) is 0 Å². The molecule has 21 nitrogen and oxygen atoms in total. The average molecular weight is 711 g/mol. The number of hydrogen-bond acceptors (Lipinski definition) is 18. The number of nitrogen functional groups attached to an aromatic ring is 2. The molecule has 0 aliphatic carbocycles. The second kappa shape index (κ2) is 13.8. The molecule has 7 heterocycles. The number of ether oxygens (including phenoxy) is 2. The van der Waals surface area contributed by atoms with Gasteiger partial charge < -0.3 is 53.8 Å². The smallest absolute Gasteiger partial charge is 0.387 e. The fourth-order valence-electron chi connectivity index (χ4n) is 5.23. The predicted molar refractivity (Wildman–Crippen MR) is 155 cm³/mol. The number of nitrogens with one attached hydrogen (secondary N) is 1. The summed E-state index contributed by atoms with van der Waals surface area (Å²) in [4.78, 5) is 35.0. The Morgan fingerprint density at radius 2 is 1.55 bits per heavy atom. The summed E-state index contributed by atoms with van der Waals surface area (Å²) in [5.74, 6) is -0.117. The van der Waals surface area contributed by atoms with Gasteiger partial charge in [-0.3, -0.25) is 23.5 Å². The van der Waals surface area contributed by atoms with Gasteiger partial charge in [0.15, 0.2) is 35.1 Å². The summed E-state index contributed by atoms with van der Waals surface area (Å²) in [5.41, 5.74) is 11.3. The van der Waals surface area contributed by atoms with Crippen LogP contribution in [0.25, 0.3) is 22.3 Å². The van der Waals surface area contributed by atoms with Gasteiger partial charge in [0.05, 0.1) is 33.4 Å². The molecule has 47 heavy (non-hydrogen) atoms. The van der Waals surface area contributed by atoms with Gasteiger partial charge in [-0.2, -0.15) is 4.98 Å². The molecule has 2 unspecified atom stereocenters. The fourth-order valence-corrected chi connectivity index (χ4v) is 7.01. The maximum atomic E-state index is 13.6. The number of aliphatic hydroxyl groups is 2. The zero-order valence-corrected chi connectivity index (χ0v) is 29.9. The van der Waals surface area contributed by atoms with E-state index in [4.69, 9.17) is 46.6 Å². The monoisotopic (exact) mass is 711 g/mol. The molecule has 3 aliphatic heterocycles. The van der Waals surface area contributed by atoms with Crippen LogP contribution in [0.5, 0.6) is 0 Å². The second-order valence-corrected chi connectivity index (χ2v) is 12.4. The Labute approximate surface area is 310 Å². The van der Waals surface area contributed by atoms with E-state index in [2.05, 4.69) is 29.9 Å². The van der Waals surface area contributed by atoms with Gasteiger partial charge in [-0.1, -0.05) is 0 Å². The summed E-state index contributed by atoms with van der Waals surface area (Å²) < 4.78 is 64.4. The quantitative estimate of drug-likeness (QED) is 0.0953. The molecule has 2 bridgehead atoms. The Morgan fingerprint density at radius 3 is 2.30 bits per heavy atom. The zero-order valence-electron chi connectivity index (χ0n) is 24.1. The fraction of sp³-hybridized carbons (Fsp3) is 0.500. The van der Waals surface area contributed by atoms with Crippen LogP contribution in [0.15, 0.2) is 23.8 Å². The van der Waals surface area contributed by atoms with Crippen LogP contribution in [-0.2, 0) is 36.7 Å². The summed E-state index contributed by atoms with van der Waals surface area (Å²) in [6.45, 7) is -1.04. The van der Waals surface area contributed by atoms with E-state index in [0.29, 0.717) is 0 Å². The molecule has 0 aromatic carbocycles. The van der Waals surface area contributed by atoms with E-state index in [1.54, 1.807) is 0 Å². The van der Waals surface area contributed by atoms with Crippen LogP contribution in [0.2, 0.25) is 0 Å². The molecule has 3 aliphatic rings. The van der Waals surface area contributed by atoms with Crippen molar-refractivity contribution in [2.45, 2.75) is 49.1 Å². The molecular formula is C20H25B2N10Na2O11P2+. The van der Waals surface area contributed by atoms with Crippen molar-refractivity contribution in [2.24, 2.45) is 0 Å². The van der Waals surface area contributed by atoms with Crippen molar-refractivity contribution < 1.29 is 106 Å². The van der Waals surface area contributed by atoms with Crippen molar-refractivity contribution in [1.82, 2.24) is 39.0 Å². The first kappa shape index (κ1) is 37.0. The van der Waals surface area contributed by atoms with Gasteiger partial charge in [0.1, 0.15) is 55.9 Å². The van der Waals surface area contributed by atoms with Crippen LogP contribution in [-0.4, -0.2) is 114 Å². The number of aromatic nitrogens is 8. The van der Waals surface area contributed by atoms with Crippen LogP contribution in [0.4, 0.5) is 11.8 Å². The minimum atomic E-state index is -4.54. The summed E-state index contributed by atoms with van der Waals surface area (Å²) in [7, 11) is -3.58. The predicted octanol–water partition coefficient (Wildman–Crippen LogP) is -8.78. The first-order chi connectivity index (χ1) is 21.3. The van der Waals surface area contributed by atoms with Crippen LogP contribution in [0.1, 0.15) is 12.5 Å². The van der Waals surface area contributed by atoms with Crippen molar-refractivity contribution >= 4 is 64.2 Å². The van der Waals surface area contributed by atoms with Gasteiger partial charge in [-0.05, 0) is 0 Å². The van der Waals surface area contributed by atoms with Crippen LogP contribution in [0.3, 0.4) is 0 Å². The number of rotatable bonds is 2. The Hall–Kier alpha value is -1.23. The average Bonchev–Trinajstić information content (AvgIpc) is 3.72. The molecule has 7 rings (SSSR count). The number of hydrogen-bond donors (Lipinski definition) is 5. The topological polar surface area (TPSA) is 289 Å². The molecule has 4 aromatic heterocycles. The minimum Gasteiger partial charge on any atom is -0.387 e. The van der Waals surface area contributed by atoms with Crippen molar-refractivity contribution in [1.29, 1.82) is 0 Å². The number of imidazole rings is 2. The summed E-state index contributed by atoms with van der Waals surface area (Å²) in [5, 5.41) is 22.5. The third kappa shape index (κ3) is 6.92. The van der Waals surface area contributed by atoms with Gasteiger partial charge in [0.25, 0.3) is 13.0 Å². The molecular weight excluding hydrogens is 686 g/mol. The number of H-pyrrole nitrogens is 1. The van der Waals surface area contributed by atoms with E-state index >= 15 is 0 Å². The Bertz CT molecular complexity index is 1960. The molecule has 3 saturated heterocycles. The van der Waals surface area contributed by atoms with Crippen molar-refractivity contribution in [3.05, 3.63) is 29.3 Å². The Morgan fingerprint density at radius 1 is 0.894 bits per heavy atom. The van der Waals surface area contributed by atoms with Gasteiger partial charge >= 0.3 is 59.1 Å². The van der Waals surface area contributed by atoms with Crippen LogP contribution < -0.4 is 76.1 Å². The molecule has 27 heteroatoms. The van der Waals surface area contributed by atoms with Crippen LogP contribution in [0, 0.1) is 0 Å². The van der Waals surface area contributed by atoms with Gasteiger partial charge in [-0.25, -0.2) is 19.9 Å². The second-order valence-electron chi connectivity index (χ2n) is 9.96. The normalized spacial score (nSPS) is 36.1. The minimum absolute atomic E-state index is 0. The first-order valence-corrected chi connectivity index (χ1v) is 15.5. The third-order valence-corrected chi connectivity index (χ3v) is 9.07. The molecule has 0 amide bonds. The van der Waals surface area contributed by atoms with Crippen molar-refractivity contribution in [3.8, 4) is 0 Å². The maximum Gasteiger partial charge on any atom is 1.00 e. The SMILES string of the molecule is [B][P@]1(=O)OC[C@H]2OC(n3cnc4c(N)ncnc43)[C@@H](O)[C@H]2O[P@@]([BH3-])(=O)OCC2O[C@@H](n3cnc4c(=O)[nH]c(N)nc43)[C@@H](O1)[C@H]2O.[Na+].[Na+]. The van der Waals surface area contributed by atoms with Crippen molar-refractivity contribution in [2.75, 3.05) is 24.7 Å². The molecule has 3 fully saturated rings. The number of nitrogens with two attached hydrogens (primary N) is 2. The third-order valence-electron chi connectivity index (χ3n) is 7.25. The van der Waals surface area contributed by atoms with Crippen molar-refractivity contribution in [3.63, 3.8) is 0 Å². The summed E-state index contributed by atoms with van der Waals surface area (Å²) in [6.07, 6.45) is -6.99. The number of anilines is 2. The number of aromatic amines is 1.